The van der Waals surface area contributed by atoms with E-state index in [0.29, 0.717) is 0 Å². The van der Waals surface area contributed by atoms with Gasteiger partial charge in [0.1, 0.15) is 165 Å². The van der Waals surface area contributed by atoms with E-state index in [-0.39, 0.29) is 6.42 Å². The average Bonchev–Trinajstić information content (AvgIpc) is 3.47. The van der Waals surface area contributed by atoms with Gasteiger partial charge in [0.25, 0.3) is 0 Å². The number of aliphatic hydroxyl groups is 20. The van der Waals surface area contributed by atoms with Crippen LogP contribution in [0, 0.1) is 0 Å². The van der Waals surface area contributed by atoms with E-state index in [1.165, 1.54) is 6.92 Å². The van der Waals surface area contributed by atoms with Gasteiger partial charge in [-0.2, -0.15) is 0 Å². The molecule has 0 aliphatic carbocycles. The zero-order valence-corrected chi connectivity index (χ0v) is 40.8. The second-order valence-corrected chi connectivity index (χ2v) is 19.9. The number of hydrogen-bond acceptors (Lipinski definition) is 34. The van der Waals surface area contributed by atoms with Gasteiger partial charge in [0.15, 0.2) is 44.0 Å². The maximum Gasteiger partial charge on any atom is 0.187 e. The van der Waals surface area contributed by atoms with Crippen molar-refractivity contribution >= 4 is 0 Å². The minimum atomic E-state index is -2.20. The van der Waals surface area contributed by atoms with Crippen molar-refractivity contribution in [2.24, 2.45) is 0 Å². The number of aliphatic hydroxyl groups excluding tert-OH is 20. The molecule has 21 heterocycles. The van der Waals surface area contributed by atoms with E-state index in [4.69, 9.17) is 66.3 Å². The molecule has 0 radical (unpaired) electrons. The molecule has 14 bridgehead atoms. The summed E-state index contributed by atoms with van der Waals surface area (Å²) < 4.78 is 80.3. The third-order valence-electron chi connectivity index (χ3n) is 15.0. The van der Waals surface area contributed by atoms with Crippen LogP contribution in [0.25, 0.3) is 0 Å². The van der Waals surface area contributed by atoms with Crippen LogP contribution in [0.1, 0.15) is 13.3 Å². The van der Waals surface area contributed by atoms with Gasteiger partial charge < -0.3 is 168 Å². The lowest BCUT2D eigenvalue weighted by atomic mass is 9.94. The van der Waals surface area contributed by atoms with Crippen LogP contribution >= 0.6 is 0 Å². The highest BCUT2D eigenvalue weighted by atomic mass is 16.8. The third kappa shape index (κ3) is 12.1. The van der Waals surface area contributed by atoms with Gasteiger partial charge in [-0.25, -0.2) is 0 Å². The lowest BCUT2D eigenvalue weighted by Gasteiger charge is -2.50. The minimum Gasteiger partial charge on any atom is -0.394 e. The van der Waals surface area contributed by atoms with E-state index in [2.05, 4.69) is 0 Å². The lowest BCUT2D eigenvalue weighted by molar-refractivity contribution is -0.396. The van der Waals surface area contributed by atoms with Crippen molar-refractivity contribution in [3.05, 3.63) is 0 Å². The van der Waals surface area contributed by atoms with Gasteiger partial charge in [0.05, 0.1) is 45.7 Å². The van der Waals surface area contributed by atoms with Crippen molar-refractivity contribution < 1.29 is 168 Å². The molecule has 0 amide bonds. The molecule has 21 aliphatic heterocycles. The second-order valence-electron chi connectivity index (χ2n) is 19.9. The van der Waals surface area contributed by atoms with Gasteiger partial charge >= 0.3 is 0 Å². The van der Waals surface area contributed by atoms with Crippen LogP contribution in [0.2, 0.25) is 0 Å². The molecule has 0 aromatic heterocycles. The van der Waals surface area contributed by atoms with Crippen LogP contribution in [-0.2, 0) is 66.3 Å². The molecule has 21 aliphatic rings. The minimum absolute atomic E-state index is 0.0468. The molecular formula is C43H72O34. The molecule has 35 unspecified atom stereocenters. The summed E-state index contributed by atoms with van der Waals surface area (Å²) in [5, 5.41) is 221. The Morgan fingerprint density at radius 1 is 0.195 bits per heavy atom. The van der Waals surface area contributed by atoms with Gasteiger partial charge in [0.2, 0.25) is 0 Å². The van der Waals surface area contributed by atoms with Crippen molar-refractivity contribution in [1.82, 2.24) is 0 Å². The van der Waals surface area contributed by atoms with Crippen molar-refractivity contribution in [3.63, 3.8) is 0 Å². The number of rotatable bonds is 7. The first-order valence-corrected chi connectivity index (χ1v) is 25.0. The van der Waals surface area contributed by atoms with Gasteiger partial charge in [-0.05, 0) is 6.42 Å². The van der Waals surface area contributed by atoms with Crippen LogP contribution in [0.15, 0.2) is 0 Å². The Morgan fingerprint density at radius 3 is 0.455 bits per heavy atom. The Hall–Kier alpha value is -1.36. The van der Waals surface area contributed by atoms with Gasteiger partial charge in [0, 0.05) is 0 Å². The van der Waals surface area contributed by atoms with Crippen molar-refractivity contribution in [1.29, 1.82) is 0 Å². The Bertz CT molecular complexity index is 1470. The summed E-state index contributed by atoms with van der Waals surface area (Å²) in [6, 6.07) is 0. The molecule has 0 spiro atoms. The summed E-state index contributed by atoms with van der Waals surface area (Å²) in [7, 11) is 0. The molecule has 34 nitrogen and oxygen atoms in total. The molecule has 21 fully saturated rings. The van der Waals surface area contributed by atoms with Gasteiger partial charge in [-0.1, -0.05) is 6.92 Å². The summed E-state index contributed by atoms with van der Waals surface area (Å²) >= 11 is 0. The zero-order valence-electron chi connectivity index (χ0n) is 40.8. The first-order valence-electron chi connectivity index (χ1n) is 25.0. The smallest absolute Gasteiger partial charge is 0.187 e. The molecule has 448 valence electrons. The topological polar surface area (TPSA) is 534 Å². The maximum atomic E-state index is 11.4. The van der Waals surface area contributed by atoms with Crippen LogP contribution in [0.3, 0.4) is 0 Å². The highest BCUT2D eigenvalue weighted by Crippen LogP contribution is 2.39. The maximum absolute atomic E-state index is 11.4. The molecule has 20 N–H and O–H groups in total. The summed E-state index contributed by atoms with van der Waals surface area (Å²) in [5.41, 5.74) is 0. The Morgan fingerprint density at radius 2 is 0.325 bits per heavy atom. The SMILES string of the molecule is CCC1OC2OC3C(CO)OC(OC4C(CO)OC(OC5C(CO)OC(OC6C(CO)OC(OC7C(CO)OC(OC8C(CO)OC(OC1C(O)C2O)C(O)C8O)C(O)C7O)C(O)C6O)C(O)C5O)C(O)C4O)C(O)C3O. The molecular weight excluding hydrogens is 1060 g/mol. The summed E-state index contributed by atoms with van der Waals surface area (Å²) in [4.78, 5) is 0. The number of ether oxygens (including phenoxy) is 14. The molecule has 35 atom stereocenters. The van der Waals surface area contributed by atoms with E-state index >= 15 is 0 Å². The number of hydrogen-bond donors (Lipinski definition) is 20. The molecule has 0 saturated carbocycles. The Labute approximate surface area is 435 Å². The fourth-order valence-corrected chi connectivity index (χ4v) is 10.6. The molecule has 0 aromatic rings. The summed E-state index contributed by atoms with van der Waals surface area (Å²) in [5.74, 6) is 0. The van der Waals surface area contributed by atoms with E-state index < -0.39 is 255 Å². The van der Waals surface area contributed by atoms with Gasteiger partial charge in [-0.3, -0.25) is 0 Å². The van der Waals surface area contributed by atoms with Crippen LogP contribution < -0.4 is 0 Å². The predicted octanol–water partition coefficient (Wildman–Crippen LogP) is -13.8. The van der Waals surface area contributed by atoms with E-state index in [1.54, 1.807) is 0 Å². The van der Waals surface area contributed by atoms with Crippen LogP contribution in [0.5, 0.6) is 0 Å². The van der Waals surface area contributed by atoms with E-state index in [9.17, 15) is 102 Å². The summed E-state index contributed by atoms with van der Waals surface area (Å²) in [6.45, 7) is -4.59. The van der Waals surface area contributed by atoms with E-state index in [1.807, 2.05) is 0 Å². The fourth-order valence-electron chi connectivity index (χ4n) is 10.6. The van der Waals surface area contributed by atoms with Crippen molar-refractivity contribution in [3.8, 4) is 0 Å². The summed E-state index contributed by atoms with van der Waals surface area (Å²) in [6.07, 6.45) is -68.1. The molecule has 21 saturated heterocycles. The van der Waals surface area contributed by atoms with Gasteiger partial charge in [-0.15, -0.1) is 0 Å². The first kappa shape index (κ1) is 61.7. The molecule has 0 aromatic carbocycles. The first-order chi connectivity index (χ1) is 36.7. The normalized spacial score (nSPS) is 55.4. The van der Waals surface area contributed by atoms with Crippen molar-refractivity contribution in [2.45, 2.75) is 228 Å². The quantitative estimate of drug-likeness (QED) is 0.113. The monoisotopic (exact) mass is 1130 g/mol. The van der Waals surface area contributed by atoms with Crippen LogP contribution in [-0.4, -0.2) is 357 Å². The van der Waals surface area contributed by atoms with Crippen molar-refractivity contribution in [2.75, 3.05) is 39.6 Å². The highest BCUT2D eigenvalue weighted by Gasteiger charge is 2.59. The van der Waals surface area contributed by atoms with E-state index in [0.717, 1.165) is 0 Å². The third-order valence-corrected chi connectivity index (χ3v) is 15.0. The van der Waals surface area contributed by atoms with Crippen LogP contribution in [0.4, 0.5) is 0 Å². The largest absolute Gasteiger partial charge is 0.394 e. The molecule has 77 heavy (non-hydrogen) atoms. The Balaban J connectivity index is 1.08. The molecule has 34 heteroatoms. The highest BCUT2D eigenvalue weighted by molar-refractivity contribution is 5.01. The second kappa shape index (κ2) is 26.1. The molecule has 21 rings (SSSR count). The average molecular weight is 1130 g/mol. The Kier molecular flexibility index (Phi) is 20.9. The fraction of sp³-hybridized carbons (Fsp3) is 1.00. The zero-order chi connectivity index (χ0) is 56.1. The lowest BCUT2D eigenvalue weighted by Crippen LogP contribution is -2.68. The predicted molar refractivity (Wildman–Crippen MR) is 232 cm³/mol. The standard InChI is InChI=1S/C43H72O34/c1-2-9-30-16(50)23(57)37(64-9)72-31-10(3-44)66-39(25(59)18(31)52)74-33-12(5-46)68-41(27(61)20(33)54)76-35-14(7-48)70-43(29(63)22(35)56)77-36-15(8-49)69-42(28(62)21(36)55)75-34-13(6-47)67-40(26(60)19(34)53)73-32-11(4-45)65-38(71-30)24(58)17(32)51/h9-63H,2-8H2,1H3.